The van der Waals surface area contributed by atoms with E-state index in [2.05, 4.69) is 4.98 Å². The largest absolute Gasteiger partial charge is 0.491 e. The van der Waals surface area contributed by atoms with E-state index in [0.717, 1.165) is 4.73 Å². The van der Waals surface area contributed by atoms with Gasteiger partial charge in [-0.2, -0.15) is 4.73 Å². The van der Waals surface area contributed by atoms with E-state index in [1.165, 1.54) is 26.6 Å². The maximum atomic E-state index is 12.0. The summed E-state index contributed by atoms with van der Waals surface area (Å²) in [6.45, 7) is 0. The fourth-order valence-electron chi connectivity index (χ4n) is 1.66. The van der Waals surface area contributed by atoms with Crippen LogP contribution in [0.25, 0.3) is 11.4 Å². The molecule has 0 saturated heterocycles. The van der Waals surface area contributed by atoms with E-state index in [1.54, 1.807) is 0 Å². The number of nitrogens with zero attached hydrogens (tertiary/aromatic N) is 2. The fraction of sp³-hybridized carbons (Fsp3) is 0.200. The molecule has 7 heteroatoms. The van der Waals surface area contributed by atoms with Gasteiger partial charge in [0.05, 0.1) is 20.4 Å². The molecule has 0 aromatic rings. The summed E-state index contributed by atoms with van der Waals surface area (Å²) in [7, 11) is 2.69. The summed E-state index contributed by atoms with van der Waals surface area (Å²) >= 11 is 0. The molecule has 2 rings (SSSR count). The monoisotopic (exact) mass is 237 g/mol. The number of aromatic nitrogens is 2. The standard InChI is InChI=1S/C10H11N3O4/c1-16-9-5(11)7-6(8(14)10(9)17-2)12-3-4-13(7)15/h3-4,15H,11H2,1-2H3. The Morgan fingerprint density at radius 3 is 2.59 bits per heavy atom. The minimum absolute atomic E-state index is 0.0187. The van der Waals surface area contributed by atoms with Crippen LogP contribution in [0.2, 0.25) is 0 Å². The summed E-state index contributed by atoms with van der Waals surface area (Å²) in [6.07, 6.45) is 2.55. The number of hydrogen-bond donors (Lipinski definition) is 2. The summed E-state index contributed by atoms with van der Waals surface area (Å²) in [4.78, 5) is 15.9. The molecular formula is C10H11N3O4. The van der Waals surface area contributed by atoms with E-state index < -0.39 is 5.43 Å². The molecule has 0 saturated carbocycles. The van der Waals surface area contributed by atoms with Gasteiger partial charge in [-0.05, 0) is 0 Å². The molecule has 0 aromatic heterocycles. The van der Waals surface area contributed by atoms with Crippen LogP contribution in [0.5, 0.6) is 11.5 Å². The van der Waals surface area contributed by atoms with Crippen LogP contribution in [0.15, 0.2) is 17.2 Å². The number of rotatable bonds is 2. The number of hydrogen-bond acceptors (Lipinski definition) is 6. The summed E-state index contributed by atoms with van der Waals surface area (Å²) in [5, 5.41) is 9.62. The summed E-state index contributed by atoms with van der Waals surface area (Å²) in [5.74, 6) is 0.0528. The van der Waals surface area contributed by atoms with Gasteiger partial charge in [-0.3, -0.25) is 4.79 Å². The van der Waals surface area contributed by atoms with Crippen LogP contribution < -0.4 is 20.6 Å². The average molecular weight is 237 g/mol. The first-order chi connectivity index (χ1) is 8.11. The Hall–Kier alpha value is -2.44. The number of fused-ring (bicyclic) bond motifs is 1. The molecule has 2 aliphatic rings. The lowest BCUT2D eigenvalue weighted by Gasteiger charge is -2.16. The van der Waals surface area contributed by atoms with Crippen LogP contribution in [0.4, 0.5) is 5.69 Å². The van der Waals surface area contributed by atoms with E-state index >= 15 is 0 Å². The smallest absolute Gasteiger partial charge is 0.252 e. The van der Waals surface area contributed by atoms with Gasteiger partial charge in [0.1, 0.15) is 17.1 Å². The zero-order valence-electron chi connectivity index (χ0n) is 9.30. The molecule has 0 spiro atoms. The number of anilines is 1. The second-order valence-corrected chi connectivity index (χ2v) is 3.28. The Morgan fingerprint density at radius 2 is 2.00 bits per heavy atom. The molecule has 7 nitrogen and oxygen atoms in total. The average Bonchev–Trinajstić information content (AvgIpc) is 2.33. The third-order valence-corrected chi connectivity index (χ3v) is 2.40. The molecule has 1 aliphatic heterocycles. The molecule has 90 valence electrons. The van der Waals surface area contributed by atoms with Gasteiger partial charge >= 0.3 is 0 Å². The van der Waals surface area contributed by atoms with Gasteiger partial charge in [-0.1, -0.05) is 0 Å². The van der Waals surface area contributed by atoms with E-state index in [4.69, 9.17) is 15.2 Å². The van der Waals surface area contributed by atoms with Gasteiger partial charge in [-0.25, -0.2) is 4.98 Å². The lowest BCUT2D eigenvalue weighted by molar-refractivity contribution is 0.188. The predicted molar refractivity (Wildman–Crippen MR) is 59.8 cm³/mol. The van der Waals surface area contributed by atoms with Crippen molar-refractivity contribution in [2.45, 2.75) is 0 Å². The van der Waals surface area contributed by atoms with Gasteiger partial charge in [0.15, 0.2) is 5.75 Å². The number of methoxy groups -OCH3 is 2. The Labute approximate surface area is 96.3 Å². The van der Waals surface area contributed by atoms with Crippen LogP contribution in [0.3, 0.4) is 0 Å². The number of nitrogen functional groups attached to an aromatic ring is 1. The van der Waals surface area contributed by atoms with Crippen molar-refractivity contribution in [2.75, 3.05) is 20.0 Å². The summed E-state index contributed by atoms with van der Waals surface area (Å²) in [5.41, 5.74) is 5.53. The first-order valence-corrected chi connectivity index (χ1v) is 4.71. The third-order valence-electron chi connectivity index (χ3n) is 2.40. The van der Waals surface area contributed by atoms with E-state index in [9.17, 15) is 10.0 Å². The number of benzene rings is 1. The van der Waals surface area contributed by atoms with Crippen molar-refractivity contribution in [1.82, 2.24) is 9.71 Å². The first-order valence-electron chi connectivity index (χ1n) is 4.71. The van der Waals surface area contributed by atoms with Crippen molar-refractivity contribution in [3.63, 3.8) is 0 Å². The summed E-state index contributed by atoms with van der Waals surface area (Å²) < 4.78 is 10.7. The molecule has 17 heavy (non-hydrogen) atoms. The minimum atomic E-state index is -0.489. The van der Waals surface area contributed by atoms with Crippen molar-refractivity contribution >= 4 is 5.69 Å². The molecule has 0 amide bonds. The Bertz CT molecular complexity index is 593. The number of ether oxygens (including phenoxy) is 2. The van der Waals surface area contributed by atoms with Crippen LogP contribution in [-0.4, -0.2) is 29.1 Å². The molecule has 0 unspecified atom stereocenters. The molecule has 0 fully saturated rings. The lowest BCUT2D eigenvalue weighted by atomic mass is 10.1. The molecule has 1 heterocycles. The second kappa shape index (κ2) is 3.85. The maximum Gasteiger partial charge on any atom is 0.252 e. The highest BCUT2D eigenvalue weighted by Crippen LogP contribution is 2.37. The molecule has 0 radical (unpaired) electrons. The Morgan fingerprint density at radius 1 is 1.35 bits per heavy atom. The zero-order chi connectivity index (χ0) is 12.6. The molecule has 0 atom stereocenters. The van der Waals surface area contributed by atoms with Crippen molar-refractivity contribution in [3.05, 3.63) is 22.6 Å². The fourth-order valence-corrected chi connectivity index (χ4v) is 1.66. The predicted octanol–water partition coefficient (Wildman–Crippen LogP) is 0.185. The lowest BCUT2D eigenvalue weighted by Crippen LogP contribution is -2.18. The molecule has 1 aliphatic carbocycles. The first kappa shape index (κ1) is 11.1. The van der Waals surface area contributed by atoms with Crippen molar-refractivity contribution in [1.29, 1.82) is 0 Å². The molecule has 0 bridgehead atoms. The van der Waals surface area contributed by atoms with E-state index in [-0.39, 0.29) is 28.6 Å². The SMILES string of the molecule is COc1c(N)c2n(O)ccnc-2c(=O)c1OC. The quantitative estimate of drug-likeness (QED) is 0.571. The third kappa shape index (κ3) is 1.43. The second-order valence-electron chi connectivity index (χ2n) is 3.28. The highest BCUT2D eigenvalue weighted by molar-refractivity contribution is 5.80. The Balaban J connectivity index is 2.99. The van der Waals surface area contributed by atoms with Crippen LogP contribution >= 0.6 is 0 Å². The van der Waals surface area contributed by atoms with E-state index in [1.807, 2.05) is 0 Å². The van der Waals surface area contributed by atoms with Crippen molar-refractivity contribution in [2.24, 2.45) is 0 Å². The topological polar surface area (TPSA) is 99.6 Å². The zero-order valence-corrected chi connectivity index (χ0v) is 9.30. The minimum Gasteiger partial charge on any atom is -0.491 e. The van der Waals surface area contributed by atoms with Gasteiger partial charge in [0.25, 0.3) is 5.43 Å². The van der Waals surface area contributed by atoms with Gasteiger partial charge < -0.3 is 20.4 Å². The van der Waals surface area contributed by atoms with E-state index in [0.29, 0.717) is 0 Å². The van der Waals surface area contributed by atoms with Gasteiger partial charge in [0.2, 0.25) is 5.75 Å². The van der Waals surface area contributed by atoms with Crippen LogP contribution in [0.1, 0.15) is 0 Å². The molecule has 3 N–H and O–H groups in total. The number of nitrogens with two attached hydrogens (primary N) is 1. The van der Waals surface area contributed by atoms with Crippen molar-refractivity contribution < 1.29 is 14.7 Å². The normalized spacial score (nSPS) is 10.5. The highest BCUT2D eigenvalue weighted by Gasteiger charge is 2.25. The maximum absolute atomic E-state index is 12.0. The van der Waals surface area contributed by atoms with Gasteiger partial charge in [-0.15, -0.1) is 0 Å². The van der Waals surface area contributed by atoms with Crippen LogP contribution in [0, 0.1) is 0 Å². The molecule has 0 aromatic carbocycles. The highest BCUT2D eigenvalue weighted by atomic mass is 16.5. The van der Waals surface area contributed by atoms with Gasteiger partial charge in [0, 0.05) is 6.20 Å². The van der Waals surface area contributed by atoms with Crippen LogP contribution in [-0.2, 0) is 0 Å². The summed E-state index contributed by atoms with van der Waals surface area (Å²) in [6, 6.07) is 0. The Kier molecular flexibility index (Phi) is 2.51. The van der Waals surface area contributed by atoms with Crippen molar-refractivity contribution in [3.8, 4) is 22.9 Å². The molecular weight excluding hydrogens is 226 g/mol.